The molecule has 0 aromatic heterocycles. The van der Waals surface area contributed by atoms with Crippen molar-refractivity contribution in [2.75, 3.05) is 20.2 Å². The van der Waals surface area contributed by atoms with E-state index in [9.17, 15) is 9.59 Å². The van der Waals surface area contributed by atoms with E-state index in [-0.39, 0.29) is 18.5 Å². The Morgan fingerprint density at radius 3 is 2.59 bits per heavy atom. The molecule has 1 aromatic carbocycles. The van der Waals surface area contributed by atoms with Crippen molar-refractivity contribution in [3.63, 3.8) is 0 Å². The van der Waals surface area contributed by atoms with E-state index < -0.39 is 11.9 Å². The number of hydrogen-bond donors (Lipinski definition) is 2. The van der Waals surface area contributed by atoms with Crippen LogP contribution < -0.4 is 10.1 Å². The average molecular weight is 306 g/mol. The summed E-state index contributed by atoms with van der Waals surface area (Å²) in [5.41, 5.74) is 0.967. The van der Waals surface area contributed by atoms with Gasteiger partial charge in [-0.15, -0.1) is 0 Å². The van der Waals surface area contributed by atoms with Crippen molar-refractivity contribution in [2.24, 2.45) is 11.8 Å². The topological polar surface area (TPSA) is 78.9 Å². The number of ether oxygens (including phenoxy) is 1. The highest BCUT2D eigenvalue weighted by Gasteiger charge is 2.31. The normalized spacial score (nSPS) is 21.3. The molecular formula is C16H22N2O4. The molecule has 2 atom stereocenters. The highest BCUT2D eigenvalue weighted by molar-refractivity contribution is 5.76. The van der Waals surface area contributed by atoms with Crippen molar-refractivity contribution in [1.82, 2.24) is 10.2 Å². The van der Waals surface area contributed by atoms with Crippen LogP contribution in [-0.2, 0) is 11.3 Å². The molecule has 120 valence electrons. The van der Waals surface area contributed by atoms with Crippen molar-refractivity contribution in [3.05, 3.63) is 29.8 Å². The highest BCUT2D eigenvalue weighted by Crippen LogP contribution is 2.21. The first-order valence-corrected chi connectivity index (χ1v) is 7.38. The lowest BCUT2D eigenvalue weighted by atomic mass is 9.91. The van der Waals surface area contributed by atoms with Crippen molar-refractivity contribution in [3.8, 4) is 5.75 Å². The molecule has 2 unspecified atom stereocenters. The summed E-state index contributed by atoms with van der Waals surface area (Å²) >= 11 is 0. The van der Waals surface area contributed by atoms with Crippen LogP contribution in [0.2, 0.25) is 0 Å². The third-order valence-electron chi connectivity index (χ3n) is 3.90. The van der Waals surface area contributed by atoms with Gasteiger partial charge in [-0.1, -0.05) is 19.1 Å². The number of benzene rings is 1. The molecule has 0 radical (unpaired) electrons. The molecule has 1 heterocycles. The number of methoxy groups -OCH3 is 1. The molecular weight excluding hydrogens is 284 g/mol. The van der Waals surface area contributed by atoms with E-state index in [2.05, 4.69) is 5.32 Å². The molecule has 1 aliphatic heterocycles. The van der Waals surface area contributed by atoms with Gasteiger partial charge in [-0.25, -0.2) is 4.79 Å². The number of carbonyl (C=O) groups is 2. The van der Waals surface area contributed by atoms with Crippen LogP contribution >= 0.6 is 0 Å². The number of nitrogens with one attached hydrogen (secondary N) is 1. The molecule has 1 aliphatic rings. The molecule has 0 spiro atoms. The summed E-state index contributed by atoms with van der Waals surface area (Å²) in [5.74, 6) is -0.346. The van der Waals surface area contributed by atoms with E-state index >= 15 is 0 Å². The lowest BCUT2D eigenvalue weighted by Gasteiger charge is -2.34. The summed E-state index contributed by atoms with van der Waals surface area (Å²) in [6.45, 7) is 3.25. The minimum Gasteiger partial charge on any atom is -0.497 e. The summed E-state index contributed by atoms with van der Waals surface area (Å²) in [5, 5.41) is 12.0. The van der Waals surface area contributed by atoms with Gasteiger partial charge in [-0.05, 0) is 30.0 Å². The Morgan fingerprint density at radius 2 is 2.00 bits per heavy atom. The van der Waals surface area contributed by atoms with Gasteiger partial charge in [0, 0.05) is 19.6 Å². The summed E-state index contributed by atoms with van der Waals surface area (Å²) in [7, 11) is 1.60. The molecule has 6 nitrogen and oxygen atoms in total. The van der Waals surface area contributed by atoms with E-state index in [0.29, 0.717) is 19.5 Å². The molecule has 1 aromatic rings. The smallest absolute Gasteiger partial charge is 0.317 e. The second kappa shape index (κ2) is 7.15. The zero-order chi connectivity index (χ0) is 16.1. The molecule has 1 saturated heterocycles. The number of urea groups is 1. The highest BCUT2D eigenvalue weighted by atomic mass is 16.5. The quantitative estimate of drug-likeness (QED) is 0.891. The molecule has 1 fully saturated rings. The molecule has 0 saturated carbocycles. The number of nitrogens with zero attached hydrogens (tertiary/aromatic N) is 1. The van der Waals surface area contributed by atoms with Gasteiger partial charge in [-0.2, -0.15) is 0 Å². The number of carbonyl (C=O) groups excluding carboxylic acids is 1. The third-order valence-corrected chi connectivity index (χ3v) is 3.90. The van der Waals surface area contributed by atoms with E-state index in [1.54, 1.807) is 12.0 Å². The Hall–Kier alpha value is -2.24. The summed E-state index contributed by atoms with van der Waals surface area (Å²) < 4.78 is 5.08. The first kappa shape index (κ1) is 16.1. The molecule has 22 heavy (non-hydrogen) atoms. The predicted octanol–water partition coefficient (Wildman–Crippen LogP) is 1.95. The Labute approximate surface area is 130 Å². The molecule has 0 aliphatic carbocycles. The van der Waals surface area contributed by atoms with Crippen molar-refractivity contribution in [1.29, 1.82) is 0 Å². The first-order valence-electron chi connectivity index (χ1n) is 7.38. The standard InChI is InChI=1S/C16H22N2O4/c1-11-7-13(15(19)20)10-18(9-11)16(21)17-8-12-3-5-14(22-2)6-4-12/h3-6,11,13H,7-10H2,1-2H3,(H,17,21)(H,19,20). The zero-order valence-corrected chi connectivity index (χ0v) is 12.9. The predicted molar refractivity (Wildman–Crippen MR) is 81.7 cm³/mol. The van der Waals surface area contributed by atoms with Gasteiger partial charge >= 0.3 is 12.0 Å². The van der Waals surface area contributed by atoms with E-state index in [1.807, 2.05) is 31.2 Å². The fourth-order valence-corrected chi connectivity index (χ4v) is 2.73. The minimum atomic E-state index is -0.834. The first-order chi connectivity index (χ1) is 10.5. The Kier molecular flexibility index (Phi) is 5.25. The second-order valence-corrected chi connectivity index (χ2v) is 5.79. The van der Waals surface area contributed by atoms with Crippen molar-refractivity contribution < 1.29 is 19.4 Å². The fourth-order valence-electron chi connectivity index (χ4n) is 2.73. The fraction of sp³-hybridized carbons (Fsp3) is 0.500. The molecule has 2 N–H and O–H groups in total. The Balaban J connectivity index is 1.89. The number of hydrogen-bond acceptors (Lipinski definition) is 3. The maximum Gasteiger partial charge on any atom is 0.317 e. The third kappa shape index (κ3) is 4.13. The monoisotopic (exact) mass is 306 g/mol. The number of amides is 2. The van der Waals surface area contributed by atoms with Crippen molar-refractivity contribution >= 4 is 12.0 Å². The van der Waals surface area contributed by atoms with Gasteiger partial charge in [0.1, 0.15) is 5.75 Å². The van der Waals surface area contributed by atoms with Crippen molar-refractivity contribution in [2.45, 2.75) is 19.9 Å². The second-order valence-electron chi connectivity index (χ2n) is 5.79. The molecule has 6 heteroatoms. The zero-order valence-electron chi connectivity index (χ0n) is 12.9. The van der Waals surface area contributed by atoms with E-state index in [1.165, 1.54) is 0 Å². The van der Waals surface area contributed by atoms with Gasteiger partial charge in [0.15, 0.2) is 0 Å². The molecule has 2 amide bonds. The number of rotatable bonds is 4. The van der Waals surface area contributed by atoms with Crippen LogP contribution in [0.3, 0.4) is 0 Å². The van der Waals surface area contributed by atoms with Crippen LogP contribution in [0.15, 0.2) is 24.3 Å². The van der Waals surface area contributed by atoms with Gasteiger partial charge in [-0.3, -0.25) is 4.79 Å². The average Bonchev–Trinajstić information content (AvgIpc) is 2.52. The van der Waals surface area contributed by atoms with Gasteiger partial charge in [0.05, 0.1) is 13.0 Å². The van der Waals surface area contributed by atoms with Gasteiger partial charge in [0.2, 0.25) is 0 Å². The summed E-state index contributed by atoms with van der Waals surface area (Å²) in [4.78, 5) is 24.9. The SMILES string of the molecule is COc1ccc(CNC(=O)N2CC(C)CC(C(=O)O)C2)cc1. The largest absolute Gasteiger partial charge is 0.497 e. The number of carboxylic acids is 1. The number of piperidine rings is 1. The summed E-state index contributed by atoms with van der Waals surface area (Å²) in [6.07, 6.45) is 0.623. The van der Waals surface area contributed by atoms with Crippen LogP contribution in [0, 0.1) is 11.8 Å². The number of aliphatic carboxylic acids is 1. The Bertz CT molecular complexity index is 529. The van der Waals surface area contributed by atoms with Crippen LogP contribution in [-0.4, -0.2) is 42.2 Å². The maximum atomic E-state index is 12.2. The van der Waals surface area contributed by atoms with Gasteiger partial charge < -0.3 is 20.1 Å². The van der Waals surface area contributed by atoms with Crippen LogP contribution in [0.1, 0.15) is 18.9 Å². The maximum absolute atomic E-state index is 12.2. The van der Waals surface area contributed by atoms with Gasteiger partial charge in [0.25, 0.3) is 0 Å². The minimum absolute atomic E-state index is 0.196. The summed E-state index contributed by atoms with van der Waals surface area (Å²) in [6, 6.07) is 7.24. The van der Waals surface area contributed by atoms with Crippen LogP contribution in [0.5, 0.6) is 5.75 Å². The number of carboxylic acid groups (broad SMARTS) is 1. The lowest BCUT2D eigenvalue weighted by molar-refractivity contribution is -0.143. The molecule has 0 bridgehead atoms. The molecule has 2 rings (SSSR count). The lowest BCUT2D eigenvalue weighted by Crippen LogP contribution is -2.49. The van der Waals surface area contributed by atoms with Crippen LogP contribution in [0.25, 0.3) is 0 Å². The van der Waals surface area contributed by atoms with Crippen LogP contribution in [0.4, 0.5) is 4.79 Å². The number of likely N-dealkylation sites (tertiary alicyclic amines) is 1. The Morgan fingerprint density at radius 1 is 1.32 bits per heavy atom. The van der Waals surface area contributed by atoms with E-state index in [4.69, 9.17) is 9.84 Å². The van der Waals surface area contributed by atoms with E-state index in [0.717, 1.165) is 11.3 Å².